The Labute approximate surface area is 115 Å². The van der Waals surface area contributed by atoms with Gasteiger partial charge in [-0.1, -0.05) is 20.4 Å². The van der Waals surface area contributed by atoms with E-state index in [1.54, 1.807) is 28.9 Å². The van der Waals surface area contributed by atoms with Gasteiger partial charge in [-0.3, -0.25) is 0 Å². The highest BCUT2D eigenvalue weighted by atomic mass is 32.1. The Morgan fingerprint density at radius 3 is 2.78 bits per heavy atom. The fourth-order valence-electron chi connectivity index (χ4n) is 1.35. The molecule has 5 heteroatoms. The number of thiophene rings is 1. The van der Waals surface area contributed by atoms with E-state index >= 15 is 0 Å². The Kier molecular flexibility index (Phi) is 3.93. The lowest BCUT2D eigenvalue weighted by molar-refractivity contribution is 0.873. The van der Waals surface area contributed by atoms with Crippen LogP contribution in [0.1, 0.15) is 23.7 Å². The molecule has 0 amide bonds. The SMILES string of the molecule is C=C(c1nccs1)c1sccc1N=C(N)C(C)C. The average molecular weight is 277 g/mol. The summed E-state index contributed by atoms with van der Waals surface area (Å²) in [5.74, 6) is 0.882. The van der Waals surface area contributed by atoms with Crippen LogP contribution in [-0.4, -0.2) is 10.8 Å². The molecule has 2 rings (SSSR count). The highest BCUT2D eigenvalue weighted by Crippen LogP contribution is 2.35. The van der Waals surface area contributed by atoms with E-state index in [-0.39, 0.29) is 5.92 Å². The Bertz CT molecular complexity index is 565. The van der Waals surface area contributed by atoms with E-state index in [4.69, 9.17) is 5.73 Å². The second kappa shape index (κ2) is 5.46. The van der Waals surface area contributed by atoms with Crippen LogP contribution in [0, 0.1) is 5.92 Å². The fraction of sp³-hybridized carbons (Fsp3) is 0.231. The third-order valence-electron chi connectivity index (χ3n) is 2.45. The van der Waals surface area contributed by atoms with Gasteiger partial charge in [0.25, 0.3) is 0 Å². The molecule has 0 aliphatic rings. The minimum atomic E-state index is 0.242. The smallest absolute Gasteiger partial charge is 0.124 e. The number of hydrogen-bond donors (Lipinski definition) is 1. The van der Waals surface area contributed by atoms with Gasteiger partial charge in [0, 0.05) is 23.1 Å². The van der Waals surface area contributed by atoms with Gasteiger partial charge in [0.15, 0.2) is 0 Å². The van der Waals surface area contributed by atoms with Crippen molar-refractivity contribution in [3.63, 3.8) is 0 Å². The molecule has 0 unspecified atom stereocenters. The molecule has 0 aromatic carbocycles. The number of nitrogens with zero attached hydrogens (tertiary/aromatic N) is 2. The number of aromatic nitrogens is 1. The first-order valence-corrected chi connectivity index (χ1v) is 7.36. The molecular formula is C13H15N3S2. The van der Waals surface area contributed by atoms with Gasteiger partial charge in [-0.15, -0.1) is 22.7 Å². The zero-order valence-corrected chi connectivity index (χ0v) is 12.0. The zero-order chi connectivity index (χ0) is 13.1. The van der Waals surface area contributed by atoms with Crippen molar-refractivity contribution in [2.45, 2.75) is 13.8 Å². The van der Waals surface area contributed by atoms with E-state index in [2.05, 4.69) is 16.6 Å². The molecule has 0 fully saturated rings. The third-order valence-corrected chi connectivity index (χ3v) is 4.25. The summed E-state index contributed by atoms with van der Waals surface area (Å²) >= 11 is 3.19. The lowest BCUT2D eigenvalue weighted by atomic mass is 10.2. The van der Waals surface area contributed by atoms with Crippen LogP contribution in [-0.2, 0) is 0 Å². The standard InChI is InChI=1S/C13H15N3S2/c1-8(2)12(14)16-10-4-6-17-11(10)9(3)13-15-5-7-18-13/h4-8H,3H2,1-2H3,(H2,14,16). The lowest BCUT2D eigenvalue weighted by Crippen LogP contribution is -2.18. The Hall–Kier alpha value is -1.46. The van der Waals surface area contributed by atoms with Crippen molar-refractivity contribution in [1.29, 1.82) is 0 Å². The first kappa shape index (κ1) is 13.0. The summed E-state index contributed by atoms with van der Waals surface area (Å²) in [6.07, 6.45) is 1.78. The molecule has 0 atom stereocenters. The van der Waals surface area contributed by atoms with Crippen LogP contribution >= 0.6 is 22.7 Å². The van der Waals surface area contributed by atoms with Crippen molar-refractivity contribution in [3.05, 3.63) is 39.5 Å². The zero-order valence-electron chi connectivity index (χ0n) is 10.4. The van der Waals surface area contributed by atoms with Gasteiger partial charge in [-0.2, -0.15) is 0 Å². The maximum Gasteiger partial charge on any atom is 0.124 e. The summed E-state index contributed by atoms with van der Waals surface area (Å²) in [6, 6.07) is 1.97. The van der Waals surface area contributed by atoms with Crippen LogP contribution in [0.25, 0.3) is 5.57 Å². The van der Waals surface area contributed by atoms with Crippen LogP contribution in [0.4, 0.5) is 5.69 Å². The van der Waals surface area contributed by atoms with Gasteiger partial charge in [0.05, 0.1) is 10.6 Å². The largest absolute Gasteiger partial charge is 0.387 e. The molecule has 0 spiro atoms. The van der Waals surface area contributed by atoms with Gasteiger partial charge in [-0.25, -0.2) is 9.98 Å². The van der Waals surface area contributed by atoms with E-state index in [9.17, 15) is 0 Å². The number of thiazole rings is 1. The van der Waals surface area contributed by atoms with Crippen LogP contribution in [0.15, 0.2) is 34.6 Å². The summed E-state index contributed by atoms with van der Waals surface area (Å²) < 4.78 is 0. The first-order chi connectivity index (χ1) is 8.59. The molecule has 94 valence electrons. The number of nitrogens with two attached hydrogens (primary N) is 1. The van der Waals surface area contributed by atoms with Gasteiger partial charge < -0.3 is 5.73 Å². The topological polar surface area (TPSA) is 51.3 Å². The number of hydrogen-bond acceptors (Lipinski definition) is 4. The second-order valence-corrected chi connectivity index (χ2v) is 5.95. The number of amidine groups is 1. The molecule has 2 aromatic rings. The first-order valence-electron chi connectivity index (χ1n) is 5.60. The average Bonchev–Trinajstić information content (AvgIpc) is 2.98. The summed E-state index contributed by atoms with van der Waals surface area (Å²) in [7, 11) is 0. The molecule has 0 saturated carbocycles. The molecule has 2 heterocycles. The van der Waals surface area contributed by atoms with Crippen molar-refractivity contribution >= 4 is 39.8 Å². The molecule has 0 bridgehead atoms. The summed E-state index contributed by atoms with van der Waals surface area (Å²) in [4.78, 5) is 9.78. The minimum absolute atomic E-state index is 0.242. The van der Waals surface area contributed by atoms with Crippen LogP contribution in [0.2, 0.25) is 0 Å². The molecule has 2 aromatic heterocycles. The quantitative estimate of drug-likeness (QED) is 0.680. The van der Waals surface area contributed by atoms with Crippen molar-refractivity contribution in [3.8, 4) is 0 Å². The van der Waals surface area contributed by atoms with E-state index in [0.29, 0.717) is 5.84 Å². The third kappa shape index (κ3) is 2.68. The Morgan fingerprint density at radius 1 is 1.39 bits per heavy atom. The number of aliphatic imine (C=N–C) groups is 1. The molecule has 0 radical (unpaired) electrons. The number of rotatable bonds is 4. The van der Waals surface area contributed by atoms with Crippen LogP contribution in [0.3, 0.4) is 0 Å². The van der Waals surface area contributed by atoms with E-state index in [1.807, 2.05) is 30.7 Å². The summed E-state index contributed by atoms with van der Waals surface area (Å²) in [5, 5.41) is 4.87. The van der Waals surface area contributed by atoms with Crippen LogP contribution < -0.4 is 5.73 Å². The lowest BCUT2D eigenvalue weighted by Gasteiger charge is -2.05. The van der Waals surface area contributed by atoms with Gasteiger partial charge in [0.2, 0.25) is 0 Å². The van der Waals surface area contributed by atoms with E-state index in [1.165, 1.54) is 0 Å². The monoisotopic (exact) mass is 277 g/mol. The van der Waals surface area contributed by atoms with E-state index < -0.39 is 0 Å². The maximum absolute atomic E-state index is 5.91. The minimum Gasteiger partial charge on any atom is -0.387 e. The summed E-state index contributed by atoms with van der Waals surface area (Å²) in [6.45, 7) is 8.16. The summed E-state index contributed by atoms with van der Waals surface area (Å²) in [5.41, 5.74) is 7.70. The predicted octanol–water partition coefficient (Wildman–Crippen LogP) is 3.91. The van der Waals surface area contributed by atoms with Gasteiger partial charge >= 0.3 is 0 Å². The Balaban J connectivity index is 2.34. The predicted molar refractivity (Wildman–Crippen MR) is 80.7 cm³/mol. The highest BCUT2D eigenvalue weighted by Gasteiger charge is 2.12. The van der Waals surface area contributed by atoms with Crippen LogP contribution in [0.5, 0.6) is 0 Å². The Morgan fingerprint density at radius 2 is 2.17 bits per heavy atom. The van der Waals surface area contributed by atoms with Crippen molar-refractivity contribution in [2.75, 3.05) is 0 Å². The molecule has 0 saturated heterocycles. The normalized spacial score (nSPS) is 12.1. The molecule has 3 nitrogen and oxygen atoms in total. The molecule has 2 N–H and O–H groups in total. The van der Waals surface area contributed by atoms with E-state index in [0.717, 1.165) is 21.1 Å². The molecule has 0 aliphatic heterocycles. The molecule has 0 aliphatic carbocycles. The van der Waals surface area contributed by atoms with Crippen molar-refractivity contribution in [1.82, 2.24) is 4.98 Å². The van der Waals surface area contributed by atoms with Gasteiger partial charge in [0.1, 0.15) is 10.8 Å². The van der Waals surface area contributed by atoms with Crippen molar-refractivity contribution < 1.29 is 0 Å². The molecular weight excluding hydrogens is 262 g/mol. The molecule has 18 heavy (non-hydrogen) atoms. The second-order valence-electron chi connectivity index (χ2n) is 4.14. The highest BCUT2D eigenvalue weighted by molar-refractivity contribution is 7.14. The van der Waals surface area contributed by atoms with Crippen molar-refractivity contribution in [2.24, 2.45) is 16.6 Å². The van der Waals surface area contributed by atoms with Gasteiger partial charge in [-0.05, 0) is 11.4 Å². The maximum atomic E-state index is 5.91. The fourth-order valence-corrected chi connectivity index (χ4v) is 2.84.